The number of hydrogen-bond donors (Lipinski definition) is 0. The molecule has 3 heteroatoms. The fourth-order valence-corrected chi connectivity index (χ4v) is 11.5. The van der Waals surface area contributed by atoms with Crippen molar-refractivity contribution in [3.63, 3.8) is 0 Å². The Bertz CT molecular complexity index is 3120. The number of anilines is 3. The van der Waals surface area contributed by atoms with E-state index >= 15 is 0 Å². The van der Waals surface area contributed by atoms with E-state index < -0.39 is 8.07 Å². The van der Waals surface area contributed by atoms with E-state index in [0.29, 0.717) is 0 Å². The van der Waals surface area contributed by atoms with Crippen molar-refractivity contribution in [2.24, 2.45) is 0 Å². The predicted octanol–water partition coefficient (Wildman–Crippen LogP) is 14.5. The summed E-state index contributed by atoms with van der Waals surface area (Å²) < 4.78 is 6.65. The Kier molecular flexibility index (Phi) is 6.77. The van der Waals surface area contributed by atoms with Crippen LogP contribution in [-0.2, 0) is 10.8 Å². The second-order valence-electron chi connectivity index (χ2n) is 18.2. The van der Waals surface area contributed by atoms with Crippen LogP contribution in [0.15, 0.2) is 150 Å². The molecule has 0 spiro atoms. The Labute approximate surface area is 330 Å². The number of furan rings is 1. The largest absolute Gasteiger partial charge is 0.454 e. The second kappa shape index (κ2) is 11.3. The SMILES string of the molecule is CC1(C)c2cc3c(cc2-c2ccc4ccccc4c21)C(C)(C)c1c-3ccc2cc(N(c3ccc([Si](C)(C)C)cc3)c3cccc4c3oc3ccccc34)ccc12. The zero-order valence-corrected chi connectivity index (χ0v) is 34.2. The van der Waals surface area contributed by atoms with Gasteiger partial charge >= 0.3 is 0 Å². The molecule has 1 aromatic heterocycles. The molecule has 0 saturated heterocycles. The highest BCUT2D eigenvalue weighted by molar-refractivity contribution is 6.88. The van der Waals surface area contributed by atoms with E-state index in [4.69, 9.17) is 4.42 Å². The fraction of sp³-hybridized carbons (Fsp3) is 0.170. The molecule has 2 aliphatic rings. The van der Waals surface area contributed by atoms with E-state index in [2.05, 4.69) is 192 Å². The average molecular weight is 740 g/mol. The normalized spacial score (nSPS) is 15.0. The molecule has 9 aromatic rings. The van der Waals surface area contributed by atoms with Gasteiger partial charge in [0.15, 0.2) is 5.58 Å². The third kappa shape index (κ3) is 4.55. The summed E-state index contributed by atoms with van der Waals surface area (Å²) in [6, 6.07) is 54.6. The van der Waals surface area contributed by atoms with Crippen LogP contribution in [0, 0.1) is 0 Å². The van der Waals surface area contributed by atoms with E-state index in [1.807, 2.05) is 6.07 Å². The highest BCUT2D eigenvalue weighted by atomic mass is 28.3. The van der Waals surface area contributed by atoms with E-state index in [-0.39, 0.29) is 10.8 Å². The van der Waals surface area contributed by atoms with Gasteiger partial charge in [-0.15, -0.1) is 0 Å². The van der Waals surface area contributed by atoms with Crippen LogP contribution in [0.25, 0.3) is 65.7 Å². The summed E-state index contributed by atoms with van der Waals surface area (Å²) in [5.74, 6) is 0. The van der Waals surface area contributed by atoms with Crippen LogP contribution in [0.5, 0.6) is 0 Å². The van der Waals surface area contributed by atoms with Crippen molar-refractivity contribution < 1.29 is 4.42 Å². The van der Waals surface area contributed by atoms with Crippen LogP contribution >= 0.6 is 0 Å². The summed E-state index contributed by atoms with van der Waals surface area (Å²) in [4.78, 5) is 2.39. The molecule has 0 unspecified atom stereocenters. The molecule has 0 atom stereocenters. The first-order valence-electron chi connectivity index (χ1n) is 20.0. The molecule has 8 aromatic carbocycles. The molecule has 1 heterocycles. The Morgan fingerprint density at radius 1 is 0.464 bits per heavy atom. The molecule has 0 amide bonds. The van der Waals surface area contributed by atoms with Gasteiger partial charge in [-0.1, -0.05) is 150 Å². The maximum absolute atomic E-state index is 6.65. The molecule has 0 N–H and O–H groups in total. The van der Waals surface area contributed by atoms with Gasteiger partial charge in [0.05, 0.1) is 13.8 Å². The Morgan fingerprint density at radius 2 is 1.04 bits per heavy atom. The van der Waals surface area contributed by atoms with Crippen LogP contribution in [0.1, 0.15) is 49.9 Å². The zero-order valence-electron chi connectivity index (χ0n) is 33.2. The minimum absolute atomic E-state index is 0.0986. The van der Waals surface area contributed by atoms with Crippen molar-refractivity contribution in [3.8, 4) is 22.3 Å². The summed E-state index contributed by atoms with van der Waals surface area (Å²) in [5.41, 5.74) is 16.0. The van der Waals surface area contributed by atoms with E-state index in [1.165, 1.54) is 71.2 Å². The Morgan fingerprint density at radius 3 is 1.71 bits per heavy atom. The lowest BCUT2D eigenvalue weighted by atomic mass is 9.78. The topological polar surface area (TPSA) is 16.4 Å². The predicted molar refractivity (Wildman–Crippen MR) is 242 cm³/mol. The number of hydrogen-bond acceptors (Lipinski definition) is 2. The van der Waals surface area contributed by atoms with Gasteiger partial charge < -0.3 is 9.32 Å². The maximum atomic E-state index is 6.65. The van der Waals surface area contributed by atoms with Crippen molar-refractivity contribution in [2.75, 3.05) is 4.90 Å². The van der Waals surface area contributed by atoms with Crippen molar-refractivity contribution >= 4 is 73.8 Å². The van der Waals surface area contributed by atoms with E-state index in [1.54, 1.807) is 0 Å². The third-order valence-corrected chi connectivity index (χ3v) is 15.2. The first kappa shape index (κ1) is 33.4. The molecule has 56 heavy (non-hydrogen) atoms. The fourth-order valence-electron chi connectivity index (χ4n) is 10.3. The van der Waals surface area contributed by atoms with Gasteiger partial charge in [0.2, 0.25) is 0 Å². The van der Waals surface area contributed by atoms with Crippen molar-refractivity contribution in [1.82, 2.24) is 0 Å². The Hall–Kier alpha value is -5.90. The second-order valence-corrected chi connectivity index (χ2v) is 23.3. The lowest BCUT2D eigenvalue weighted by Crippen LogP contribution is -2.37. The molecule has 2 aliphatic carbocycles. The highest BCUT2D eigenvalue weighted by Crippen LogP contribution is 2.58. The molecule has 0 radical (unpaired) electrons. The van der Waals surface area contributed by atoms with Crippen LogP contribution in [-0.4, -0.2) is 8.07 Å². The number of rotatable bonds is 4. The van der Waals surface area contributed by atoms with Gasteiger partial charge in [-0.05, 0) is 115 Å². The van der Waals surface area contributed by atoms with Gasteiger partial charge in [-0.3, -0.25) is 0 Å². The lowest BCUT2D eigenvalue weighted by molar-refractivity contribution is 0.657. The van der Waals surface area contributed by atoms with Gasteiger partial charge in [-0.25, -0.2) is 0 Å². The van der Waals surface area contributed by atoms with Gasteiger partial charge in [-0.2, -0.15) is 0 Å². The minimum Gasteiger partial charge on any atom is -0.454 e. The van der Waals surface area contributed by atoms with Crippen LogP contribution in [0.2, 0.25) is 19.6 Å². The molecule has 0 aliphatic heterocycles. The van der Waals surface area contributed by atoms with Crippen LogP contribution < -0.4 is 10.1 Å². The number of para-hydroxylation sites is 2. The summed E-state index contributed by atoms with van der Waals surface area (Å²) >= 11 is 0. The monoisotopic (exact) mass is 739 g/mol. The highest BCUT2D eigenvalue weighted by Gasteiger charge is 2.43. The number of fused-ring (bicyclic) bond motifs is 13. The Balaban J connectivity index is 1.08. The zero-order chi connectivity index (χ0) is 38.3. The molecule has 272 valence electrons. The standard InChI is InChI=1S/C53H45NOSi/c1-52(2)45-31-44-41-27-20-33-29-35(23-28-38(33)50(41)53(3,4)46(44)30-43(45)40-26-19-32-13-8-9-14-37(32)49(40)52)54(34-21-24-36(25-22-34)56(5,6)7)47-17-12-16-42-39-15-10-11-18-48(39)55-51(42)47/h8-31H,1-7H3. The summed E-state index contributed by atoms with van der Waals surface area (Å²) in [6.45, 7) is 16.9. The summed E-state index contributed by atoms with van der Waals surface area (Å²) in [7, 11) is -1.48. The van der Waals surface area contributed by atoms with E-state index in [0.717, 1.165) is 39.0 Å². The molecular weight excluding hydrogens is 695 g/mol. The molecule has 0 fully saturated rings. The molecule has 2 nitrogen and oxygen atoms in total. The van der Waals surface area contributed by atoms with Gasteiger partial charge in [0.25, 0.3) is 0 Å². The van der Waals surface area contributed by atoms with Crippen molar-refractivity contribution in [1.29, 1.82) is 0 Å². The van der Waals surface area contributed by atoms with Crippen molar-refractivity contribution in [3.05, 3.63) is 168 Å². The maximum Gasteiger partial charge on any atom is 0.159 e. The van der Waals surface area contributed by atoms with Crippen LogP contribution in [0.3, 0.4) is 0 Å². The molecular formula is C53H45NOSi. The number of nitrogens with zero attached hydrogens (tertiary/aromatic N) is 1. The first-order valence-corrected chi connectivity index (χ1v) is 23.5. The van der Waals surface area contributed by atoms with Gasteiger partial charge in [0, 0.05) is 33.0 Å². The minimum atomic E-state index is -1.48. The molecule has 0 bridgehead atoms. The lowest BCUT2D eigenvalue weighted by Gasteiger charge is -2.28. The number of benzene rings is 8. The van der Waals surface area contributed by atoms with Crippen LogP contribution in [0.4, 0.5) is 17.1 Å². The quantitative estimate of drug-likeness (QED) is 0.167. The summed E-state index contributed by atoms with van der Waals surface area (Å²) in [6.07, 6.45) is 0. The summed E-state index contributed by atoms with van der Waals surface area (Å²) in [5, 5.41) is 8.95. The average Bonchev–Trinajstić information content (AvgIpc) is 3.77. The first-order chi connectivity index (χ1) is 26.9. The van der Waals surface area contributed by atoms with Crippen molar-refractivity contribution in [2.45, 2.75) is 58.2 Å². The smallest absolute Gasteiger partial charge is 0.159 e. The van der Waals surface area contributed by atoms with E-state index in [9.17, 15) is 0 Å². The van der Waals surface area contributed by atoms with Gasteiger partial charge in [0.1, 0.15) is 5.58 Å². The molecule has 11 rings (SSSR count). The molecule has 0 saturated carbocycles. The third-order valence-electron chi connectivity index (χ3n) is 13.1.